The summed E-state index contributed by atoms with van der Waals surface area (Å²) in [6, 6.07) is 4.40. The summed E-state index contributed by atoms with van der Waals surface area (Å²) in [4.78, 5) is 7.06. The minimum absolute atomic E-state index is 0.0599. The van der Waals surface area contributed by atoms with Gasteiger partial charge < -0.3 is 15.0 Å². The van der Waals surface area contributed by atoms with E-state index in [9.17, 15) is 0 Å². The van der Waals surface area contributed by atoms with Crippen molar-refractivity contribution in [3.05, 3.63) is 23.4 Å². The molecule has 0 saturated carbocycles. The molecule has 1 aromatic heterocycles. The summed E-state index contributed by atoms with van der Waals surface area (Å²) in [5.74, 6) is 1.05. The van der Waals surface area contributed by atoms with E-state index in [1.54, 1.807) is 7.11 Å². The van der Waals surface area contributed by atoms with E-state index >= 15 is 0 Å². The third-order valence-electron chi connectivity index (χ3n) is 3.45. The van der Waals surface area contributed by atoms with Crippen LogP contribution in [0.2, 0.25) is 0 Å². The third-order valence-corrected chi connectivity index (χ3v) is 3.45. The molecular weight excluding hydrogens is 262 g/mol. The highest BCUT2D eigenvalue weighted by molar-refractivity contribution is 5.43. The van der Waals surface area contributed by atoms with Crippen LogP contribution in [-0.2, 0) is 16.7 Å². The maximum absolute atomic E-state index is 5.13. The maximum Gasteiger partial charge on any atom is 0.128 e. The smallest absolute Gasteiger partial charge is 0.128 e. The molecule has 1 aromatic rings. The molecule has 0 aliphatic heterocycles. The quantitative estimate of drug-likeness (QED) is 0.748. The second kappa shape index (κ2) is 8.35. The average Bonchev–Trinajstić information content (AvgIpc) is 2.44. The van der Waals surface area contributed by atoms with Gasteiger partial charge in [-0.25, -0.2) is 4.98 Å². The Balaban J connectivity index is 2.95. The topological polar surface area (TPSA) is 37.4 Å². The second-order valence-electron chi connectivity index (χ2n) is 6.52. The van der Waals surface area contributed by atoms with E-state index in [4.69, 9.17) is 9.72 Å². The Morgan fingerprint density at radius 1 is 1.29 bits per heavy atom. The Kier molecular flexibility index (Phi) is 7.12. The number of rotatable bonds is 8. The van der Waals surface area contributed by atoms with E-state index in [0.717, 1.165) is 44.2 Å². The highest BCUT2D eigenvalue weighted by atomic mass is 16.5. The third kappa shape index (κ3) is 6.02. The normalized spacial score (nSPS) is 11.7. The molecule has 4 heteroatoms. The molecule has 0 fully saturated rings. The lowest BCUT2D eigenvalue weighted by Gasteiger charge is -2.24. The zero-order valence-corrected chi connectivity index (χ0v) is 14.5. The minimum atomic E-state index is 0.0599. The SMILES string of the molecule is CCNCc1cc(N(C)CCCOC)nc(C(C)(C)C)c1. The number of hydrogen-bond donors (Lipinski definition) is 1. The second-order valence-corrected chi connectivity index (χ2v) is 6.52. The van der Waals surface area contributed by atoms with Gasteiger partial charge in [0.15, 0.2) is 0 Å². The van der Waals surface area contributed by atoms with Crippen molar-refractivity contribution in [1.29, 1.82) is 0 Å². The number of aromatic nitrogens is 1. The lowest BCUT2D eigenvalue weighted by molar-refractivity contribution is 0.196. The van der Waals surface area contributed by atoms with Crippen molar-refractivity contribution < 1.29 is 4.74 Å². The van der Waals surface area contributed by atoms with Crippen LogP contribution in [0, 0.1) is 0 Å². The van der Waals surface area contributed by atoms with Gasteiger partial charge in [-0.1, -0.05) is 27.7 Å². The summed E-state index contributed by atoms with van der Waals surface area (Å²) in [6.07, 6.45) is 1.01. The van der Waals surface area contributed by atoms with Crippen LogP contribution in [0.4, 0.5) is 5.82 Å². The fourth-order valence-electron chi connectivity index (χ4n) is 2.08. The number of methoxy groups -OCH3 is 1. The maximum atomic E-state index is 5.13. The van der Waals surface area contributed by atoms with Crippen LogP contribution in [0.1, 0.15) is 45.4 Å². The summed E-state index contributed by atoms with van der Waals surface area (Å²) in [6.45, 7) is 12.4. The molecular formula is C17H31N3O. The molecule has 0 atom stereocenters. The van der Waals surface area contributed by atoms with E-state index < -0.39 is 0 Å². The first-order valence-corrected chi connectivity index (χ1v) is 7.80. The van der Waals surface area contributed by atoms with E-state index in [1.807, 2.05) is 0 Å². The first kappa shape index (κ1) is 17.9. The van der Waals surface area contributed by atoms with Gasteiger partial charge in [0, 0.05) is 45.0 Å². The van der Waals surface area contributed by atoms with Crippen LogP contribution in [0.15, 0.2) is 12.1 Å². The summed E-state index contributed by atoms with van der Waals surface area (Å²) in [5, 5.41) is 3.40. The molecule has 0 aliphatic rings. The van der Waals surface area contributed by atoms with Crippen molar-refractivity contribution in [2.24, 2.45) is 0 Å². The number of nitrogens with one attached hydrogen (secondary N) is 1. The molecule has 0 saturated heterocycles. The summed E-state index contributed by atoms with van der Waals surface area (Å²) in [7, 11) is 3.84. The predicted octanol–water partition coefficient (Wildman–Crippen LogP) is 2.96. The van der Waals surface area contributed by atoms with Gasteiger partial charge in [-0.2, -0.15) is 0 Å². The van der Waals surface area contributed by atoms with Gasteiger partial charge in [-0.3, -0.25) is 0 Å². The van der Waals surface area contributed by atoms with Gasteiger partial charge in [0.2, 0.25) is 0 Å². The number of hydrogen-bond acceptors (Lipinski definition) is 4. The Labute approximate surface area is 129 Å². The van der Waals surface area contributed by atoms with Crippen LogP contribution in [0.3, 0.4) is 0 Å². The Hall–Kier alpha value is -1.13. The zero-order chi connectivity index (χ0) is 15.9. The monoisotopic (exact) mass is 293 g/mol. The van der Waals surface area contributed by atoms with Crippen LogP contribution in [0.5, 0.6) is 0 Å². The van der Waals surface area contributed by atoms with Crippen molar-refractivity contribution in [1.82, 2.24) is 10.3 Å². The van der Waals surface area contributed by atoms with E-state index in [0.29, 0.717) is 0 Å². The molecule has 0 amide bonds. The van der Waals surface area contributed by atoms with Crippen LogP contribution in [0.25, 0.3) is 0 Å². The van der Waals surface area contributed by atoms with Crippen molar-refractivity contribution in [2.45, 2.75) is 46.1 Å². The molecule has 4 nitrogen and oxygen atoms in total. The molecule has 1 N–H and O–H groups in total. The van der Waals surface area contributed by atoms with Gasteiger partial charge in [0.1, 0.15) is 5.82 Å². The first-order chi connectivity index (χ1) is 9.88. The van der Waals surface area contributed by atoms with Gasteiger partial charge in [-0.15, -0.1) is 0 Å². The van der Waals surface area contributed by atoms with Crippen LogP contribution in [-0.4, -0.2) is 38.8 Å². The molecule has 0 aromatic carbocycles. The number of anilines is 1. The van der Waals surface area contributed by atoms with Crippen LogP contribution >= 0.6 is 0 Å². The number of ether oxygens (including phenoxy) is 1. The fourth-order valence-corrected chi connectivity index (χ4v) is 2.08. The predicted molar refractivity (Wildman–Crippen MR) is 90.1 cm³/mol. The lowest BCUT2D eigenvalue weighted by atomic mass is 9.90. The highest BCUT2D eigenvalue weighted by Gasteiger charge is 2.18. The number of nitrogens with zero attached hydrogens (tertiary/aromatic N) is 2. The molecule has 0 bridgehead atoms. The van der Waals surface area contributed by atoms with Gasteiger partial charge in [0.25, 0.3) is 0 Å². The highest BCUT2D eigenvalue weighted by Crippen LogP contribution is 2.24. The zero-order valence-electron chi connectivity index (χ0n) is 14.5. The van der Waals surface area contributed by atoms with E-state index in [1.165, 1.54) is 5.56 Å². The minimum Gasteiger partial charge on any atom is -0.385 e. The average molecular weight is 293 g/mol. The van der Waals surface area contributed by atoms with Crippen LogP contribution < -0.4 is 10.2 Å². The standard InChI is InChI=1S/C17H31N3O/c1-7-18-13-14-11-15(17(2,3)4)19-16(12-14)20(5)9-8-10-21-6/h11-12,18H,7-10,13H2,1-6H3. The number of pyridine rings is 1. The Morgan fingerprint density at radius 3 is 2.57 bits per heavy atom. The Bertz CT molecular complexity index is 427. The molecule has 0 radical (unpaired) electrons. The van der Waals surface area contributed by atoms with Gasteiger partial charge in [-0.05, 0) is 30.7 Å². The Morgan fingerprint density at radius 2 is 2.00 bits per heavy atom. The van der Waals surface area contributed by atoms with Gasteiger partial charge >= 0.3 is 0 Å². The largest absolute Gasteiger partial charge is 0.385 e. The summed E-state index contributed by atoms with van der Waals surface area (Å²) >= 11 is 0. The van der Waals surface area contributed by atoms with Crippen molar-refractivity contribution in [3.63, 3.8) is 0 Å². The lowest BCUT2D eigenvalue weighted by Crippen LogP contribution is -2.24. The summed E-state index contributed by atoms with van der Waals surface area (Å²) < 4.78 is 5.13. The first-order valence-electron chi connectivity index (χ1n) is 7.80. The fraction of sp³-hybridized carbons (Fsp3) is 0.706. The molecule has 120 valence electrons. The van der Waals surface area contributed by atoms with Crippen molar-refractivity contribution >= 4 is 5.82 Å². The molecule has 1 heterocycles. The van der Waals surface area contributed by atoms with E-state index in [2.05, 4.69) is 57.1 Å². The van der Waals surface area contributed by atoms with Crippen molar-refractivity contribution in [2.75, 3.05) is 38.8 Å². The molecule has 21 heavy (non-hydrogen) atoms. The summed E-state index contributed by atoms with van der Waals surface area (Å²) in [5.41, 5.74) is 2.50. The van der Waals surface area contributed by atoms with E-state index in [-0.39, 0.29) is 5.41 Å². The van der Waals surface area contributed by atoms with Gasteiger partial charge in [0.05, 0.1) is 0 Å². The molecule has 1 rings (SSSR count). The van der Waals surface area contributed by atoms with Crippen molar-refractivity contribution in [3.8, 4) is 0 Å². The molecule has 0 unspecified atom stereocenters. The molecule has 0 aliphatic carbocycles. The molecule has 0 spiro atoms.